The number of nitrogens with one attached hydrogen (secondary N) is 1. The number of aromatic nitrogens is 1. The Labute approximate surface area is 143 Å². The van der Waals surface area contributed by atoms with Gasteiger partial charge in [-0.05, 0) is 56.0 Å². The van der Waals surface area contributed by atoms with Gasteiger partial charge in [0.15, 0.2) is 0 Å². The zero-order valence-corrected chi connectivity index (χ0v) is 14.5. The van der Waals surface area contributed by atoms with Crippen LogP contribution in [0.1, 0.15) is 47.2 Å². The summed E-state index contributed by atoms with van der Waals surface area (Å²) in [5.41, 5.74) is 4.77. The third-order valence-electron chi connectivity index (χ3n) is 4.44. The van der Waals surface area contributed by atoms with Crippen molar-refractivity contribution in [2.75, 3.05) is 23.3 Å². The van der Waals surface area contributed by atoms with Crippen LogP contribution >= 0.6 is 0 Å². The minimum Gasteiger partial charge on any atom is -0.370 e. The summed E-state index contributed by atoms with van der Waals surface area (Å²) in [6, 6.07) is 8.02. The molecule has 0 bridgehead atoms. The lowest BCUT2D eigenvalue weighted by molar-refractivity contribution is 0.102. The van der Waals surface area contributed by atoms with Crippen LogP contribution in [0.2, 0.25) is 0 Å². The smallest absolute Gasteiger partial charge is 0.257 e. The van der Waals surface area contributed by atoms with E-state index in [0.29, 0.717) is 5.56 Å². The van der Waals surface area contributed by atoms with Crippen LogP contribution in [0.15, 0.2) is 36.7 Å². The molecule has 1 amide bonds. The molecule has 0 aliphatic carbocycles. The van der Waals surface area contributed by atoms with Crippen LogP contribution < -0.4 is 10.2 Å². The van der Waals surface area contributed by atoms with Crippen molar-refractivity contribution in [1.82, 2.24) is 4.98 Å². The Kier molecular flexibility index (Phi) is 5.14. The van der Waals surface area contributed by atoms with Gasteiger partial charge in [0.1, 0.15) is 0 Å². The highest BCUT2D eigenvalue weighted by molar-refractivity contribution is 6.04. The Morgan fingerprint density at radius 3 is 2.29 bits per heavy atom. The zero-order chi connectivity index (χ0) is 16.9. The lowest BCUT2D eigenvalue weighted by Crippen LogP contribution is -2.24. The number of pyridine rings is 1. The van der Waals surface area contributed by atoms with Crippen LogP contribution in [0, 0.1) is 13.8 Å². The number of amides is 1. The lowest BCUT2D eigenvalue weighted by Gasteiger charge is -2.22. The largest absolute Gasteiger partial charge is 0.370 e. The first-order chi connectivity index (χ1) is 11.6. The standard InChI is InChI=1S/C20H25N3O/c1-15-9-16(2)11-18(10-15)22-20(24)17-12-19(14-21-13-17)23-7-5-3-4-6-8-23/h9-14H,3-8H2,1-2H3,(H,22,24). The molecule has 4 nitrogen and oxygen atoms in total. The predicted molar refractivity (Wildman–Crippen MR) is 98.8 cm³/mol. The van der Waals surface area contributed by atoms with Gasteiger partial charge in [0.2, 0.25) is 0 Å². The molecule has 1 aromatic heterocycles. The number of anilines is 2. The molecule has 24 heavy (non-hydrogen) atoms. The van der Waals surface area contributed by atoms with Gasteiger partial charge in [-0.25, -0.2) is 0 Å². The van der Waals surface area contributed by atoms with E-state index in [2.05, 4.69) is 21.3 Å². The molecule has 1 N–H and O–H groups in total. The molecule has 0 spiro atoms. The third kappa shape index (κ3) is 4.13. The van der Waals surface area contributed by atoms with Crippen molar-refractivity contribution >= 4 is 17.3 Å². The highest BCUT2D eigenvalue weighted by Gasteiger charge is 2.13. The fourth-order valence-corrected chi connectivity index (χ4v) is 3.30. The molecule has 2 heterocycles. The Balaban J connectivity index is 1.76. The van der Waals surface area contributed by atoms with Gasteiger partial charge < -0.3 is 10.2 Å². The SMILES string of the molecule is Cc1cc(C)cc(NC(=O)c2cncc(N3CCCCCC3)c2)c1. The van der Waals surface area contributed by atoms with Crippen molar-refractivity contribution in [2.45, 2.75) is 39.5 Å². The summed E-state index contributed by atoms with van der Waals surface area (Å²) in [5.74, 6) is -0.107. The van der Waals surface area contributed by atoms with Crippen molar-refractivity contribution in [3.63, 3.8) is 0 Å². The summed E-state index contributed by atoms with van der Waals surface area (Å²) < 4.78 is 0. The summed E-state index contributed by atoms with van der Waals surface area (Å²) in [5, 5.41) is 2.98. The molecule has 0 atom stereocenters. The first-order valence-electron chi connectivity index (χ1n) is 8.71. The highest BCUT2D eigenvalue weighted by Crippen LogP contribution is 2.21. The molecule has 0 unspecified atom stereocenters. The first-order valence-corrected chi connectivity index (χ1v) is 8.71. The minimum atomic E-state index is -0.107. The quantitative estimate of drug-likeness (QED) is 0.914. The van der Waals surface area contributed by atoms with Crippen molar-refractivity contribution in [2.24, 2.45) is 0 Å². The maximum absolute atomic E-state index is 12.6. The van der Waals surface area contributed by atoms with E-state index in [-0.39, 0.29) is 5.91 Å². The van der Waals surface area contributed by atoms with Crippen molar-refractivity contribution in [3.05, 3.63) is 53.3 Å². The number of benzene rings is 1. The van der Waals surface area contributed by atoms with Crippen LogP contribution in [-0.2, 0) is 0 Å². The average Bonchev–Trinajstić information content (AvgIpc) is 2.83. The number of carbonyl (C=O) groups is 1. The Hall–Kier alpha value is -2.36. The monoisotopic (exact) mass is 323 g/mol. The number of hydrogen-bond acceptors (Lipinski definition) is 3. The average molecular weight is 323 g/mol. The first kappa shape index (κ1) is 16.5. The Morgan fingerprint density at radius 2 is 1.62 bits per heavy atom. The lowest BCUT2D eigenvalue weighted by atomic mass is 10.1. The topological polar surface area (TPSA) is 45.2 Å². The van der Waals surface area contributed by atoms with E-state index in [4.69, 9.17) is 0 Å². The van der Waals surface area contributed by atoms with Crippen LogP contribution in [0.3, 0.4) is 0 Å². The maximum Gasteiger partial charge on any atom is 0.257 e. The van der Waals surface area contributed by atoms with E-state index in [9.17, 15) is 4.79 Å². The van der Waals surface area contributed by atoms with Crippen LogP contribution in [0.4, 0.5) is 11.4 Å². The van der Waals surface area contributed by atoms with E-state index in [0.717, 1.165) is 35.6 Å². The minimum absolute atomic E-state index is 0.107. The van der Waals surface area contributed by atoms with Gasteiger partial charge in [-0.15, -0.1) is 0 Å². The summed E-state index contributed by atoms with van der Waals surface area (Å²) in [4.78, 5) is 19.2. The van der Waals surface area contributed by atoms with E-state index >= 15 is 0 Å². The molecule has 1 fully saturated rings. The summed E-state index contributed by atoms with van der Waals surface area (Å²) >= 11 is 0. The second-order valence-corrected chi connectivity index (χ2v) is 6.66. The summed E-state index contributed by atoms with van der Waals surface area (Å²) in [6.07, 6.45) is 8.49. The fraction of sp³-hybridized carbons (Fsp3) is 0.400. The molecule has 1 aliphatic heterocycles. The van der Waals surface area contributed by atoms with Gasteiger partial charge in [0, 0.05) is 25.0 Å². The number of nitrogens with zero attached hydrogens (tertiary/aromatic N) is 2. The third-order valence-corrected chi connectivity index (χ3v) is 4.44. The number of aryl methyl sites for hydroxylation is 2. The Morgan fingerprint density at radius 1 is 0.958 bits per heavy atom. The summed E-state index contributed by atoms with van der Waals surface area (Å²) in [6.45, 7) is 6.15. The second kappa shape index (κ2) is 7.47. The van der Waals surface area contributed by atoms with Gasteiger partial charge in [0.05, 0.1) is 17.4 Å². The molecule has 1 aromatic carbocycles. The van der Waals surface area contributed by atoms with E-state index in [1.807, 2.05) is 38.2 Å². The number of rotatable bonds is 3. The molecule has 1 aliphatic rings. The molecule has 3 rings (SSSR count). The van der Waals surface area contributed by atoms with Crippen LogP contribution in [0.25, 0.3) is 0 Å². The number of carbonyl (C=O) groups excluding carboxylic acids is 1. The molecule has 4 heteroatoms. The van der Waals surface area contributed by atoms with Gasteiger partial charge in [0.25, 0.3) is 5.91 Å². The Bertz CT molecular complexity index is 698. The molecule has 0 saturated carbocycles. The molecule has 126 valence electrons. The van der Waals surface area contributed by atoms with Crippen LogP contribution in [-0.4, -0.2) is 24.0 Å². The molecular weight excluding hydrogens is 298 g/mol. The van der Waals surface area contributed by atoms with Crippen molar-refractivity contribution in [3.8, 4) is 0 Å². The van der Waals surface area contributed by atoms with Crippen molar-refractivity contribution < 1.29 is 4.79 Å². The molecule has 1 saturated heterocycles. The van der Waals surface area contributed by atoms with Gasteiger partial charge in [-0.2, -0.15) is 0 Å². The van der Waals surface area contributed by atoms with E-state index < -0.39 is 0 Å². The van der Waals surface area contributed by atoms with Gasteiger partial charge in [-0.3, -0.25) is 9.78 Å². The second-order valence-electron chi connectivity index (χ2n) is 6.66. The molecular formula is C20H25N3O. The normalized spacial score (nSPS) is 15.0. The summed E-state index contributed by atoms with van der Waals surface area (Å²) in [7, 11) is 0. The van der Waals surface area contributed by atoms with E-state index in [1.54, 1.807) is 6.20 Å². The van der Waals surface area contributed by atoms with Gasteiger partial charge in [-0.1, -0.05) is 18.9 Å². The molecule has 2 aromatic rings. The highest BCUT2D eigenvalue weighted by atomic mass is 16.1. The van der Waals surface area contributed by atoms with Gasteiger partial charge >= 0.3 is 0 Å². The molecule has 0 radical (unpaired) electrons. The van der Waals surface area contributed by atoms with Crippen LogP contribution in [0.5, 0.6) is 0 Å². The maximum atomic E-state index is 12.6. The predicted octanol–water partition coefficient (Wildman–Crippen LogP) is 4.33. The van der Waals surface area contributed by atoms with E-state index in [1.165, 1.54) is 25.7 Å². The fourth-order valence-electron chi connectivity index (χ4n) is 3.30. The zero-order valence-electron chi connectivity index (χ0n) is 14.5. The number of hydrogen-bond donors (Lipinski definition) is 1. The van der Waals surface area contributed by atoms with Crippen molar-refractivity contribution in [1.29, 1.82) is 0 Å².